The zero-order valence-electron chi connectivity index (χ0n) is 13.3. The smallest absolute Gasteiger partial charge is 0.0888 e. The van der Waals surface area contributed by atoms with Gasteiger partial charge in [-0.25, -0.2) is 0 Å². The number of rotatable bonds is 9. The Labute approximate surface area is 128 Å². The van der Waals surface area contributed by atoms with Crippen LogP contribution >= 0.6 is 0 Å². The molecule has 4 heteroatoms. The topological polar surface area (TPSA) is 37.4 Å². The number of nitrogens with zero attached hydrogens (tertiary/aromatic N) is 2. The van der Waals surface area contributed by atoms with Crippen molar-refractivity contribution < 1.29 is 4.74 Å². The second-order valence-electron chi connectivity index (χ2n) is 5.75. The number of hydrogen-bond acceptors (Lipinski definition) is 4. The lowest BCUT2D eigenvalue weighted by Crippen LogP contribution is -2.32. The zero-order chi connectivity index (χ0) is 14.8. The average molecular weight is 291 g/mol. The van der Waals surface area contributed by atoms with Crippen LogP contribution in [-0.4, -0.2) is 42.7 Å². The summed E-state index contributed by atoms with van der Waals surface area (Å²) in [6.07, 6.45) is 5.22. The van der Waals surface area contributed by atoms with Crippen molar-refractivity contribution in [2.24, 2.45) is 0 Å². The fourth-order valence-electron chi connectivity index (χ4n) is 2.65. The van der Waals surface area contributed by atoms with Gasteiger partial charge in [0.1, 0.15) is 0 Å². The standard InChI is InChI=1S/C17H29N3O/c1-2-9-18-14-16-7-6-8-17(19-16)15-21-13-12-20-10-4-3-5-11-20/h6-8,18H,2-5,9-15H2,1H3. The molecule has 21 heavy (non-hydrogen) atoms. The molecule has 1 aromatic heterocycles. The first-order valence-corrected chi connectivity index (χ1v) is 8.34. The molecule has 0 radical (unpaired) electrons. The van der Waals surface area contributed by atoms with Gasteiger partial charge < -0.3 is 15.0 Å². The van der Waals surface area contributed by atoms with E-state index in [1.54, 1.807) is 0 Å². The molecule has 118 valence electrons. The second kappa shape index (κ2) is 9.87. The van der Waals surface area contributed by atoms with Crippen molar-refractivity contribution >= 4 is 0 Å². The lowest BCUT2D eigenvalue weighted by Gasteiger charge is -2.26. The molecular formula is C17H29N3O. The Morgan fingerprint density at radius 1 is 1.19 bits per heavy atom. The van der Waals surface area contributed by atoms with E-state index in [1.165, 1.54) is 32.4 Å². The lowest BCUT2D eigenvalue weighted by molar-refractivity contribution is 0.0844. The summed E-state index contributed by atoms with van der Waals surface area (Å²) in [5.41, 5.74) is 2.13. The molecule has 2 rings (SSSR count). The molecular weight excluding hydrogens is 262 g/mol. The van der Waals surface area contributed by atoms with Crippen LogP contribution in [0.4, 0.5) is 0 Å². The van der Waals surface area contributed by atoms with Gasteiger partial charge in [0.15, 0.2) is 0 Å². The molecule has 2 heterocycles. The molecule has 0 aromatic carbocycles. The normalized spacial score (nSPS) is 16.2. The zero-order valence-corrected chi connectivity index (χ0v) is 13.3. The van der Waals surface area contributed by atoms with Crippen molar-refractivity contribution in [3.05, 3.63) is 29.6 Å². The molecule has 0 unspecified atom stereocenters. The highest BCUT2D eigenvalue weighted by atomic mass is 16.5. The number of hydrogen-bond donors (Lipinski definition) is 1. The summed E-state index contributed by atoms with van der Waals surface area (Å²) < 4.78 is 5.78. The van der Waals surface area contributed by atoms with Crippen molar-refractivity contribution in [2.45, 2.75) is 45.8 Å². The molecule has 1 aliphatic heterocycles. The molecule has 0 amide bonds. The summed E-state index contributed by atoms with van der Waals surface area (Å²) in [5, 5.41) is 3.38. The monoisotopic (exact) mass is 291 g/mol. The third kappa shape index (κ3) is 6.55. The molecule has 1 aliphatic rings. The van der Waals surface area contributed by atoms with E-state index in [4.69, 9.17) is 4.74 Å². The van der Waals surface area contributed by atoms with Gasteiger partial charge in [-0.2, -0.15) is 0 Å². The Balaban J connectivity index is 1.64. The van der Waals surface area contributed by atoms with Crippen LogP contribution < -0.4 is 5.32 Å². The van der Waals surface area contributed by atoms with E-state index in [-0.39, 0.29) is 0 Å². The second-order valence-corrected chi connectivity index (χ2v) is 5.75. The van der Waals surface area contributed by atoms with E-state index >= 15 is 0 Å². The van der Waals surface area contributed by atoms with Gasteiger partial charge in [-0.15, -0.1) is 0 Å². The van der Waals surface area contributed by atoms with Gasteiger partial charge in [0.25, 0.3) is 0 Å². The van der Waals surface area contributed by atoms with Crippen LogP contribution in [0.1, 0.15) is 44.0 Å². The first kappa shape index (κ1) is 16.4. The fourth-order valence-corrected chi connectivity index (χ4v) is 2.65. The highest BCUT2D eigenvalue weighted by Gasteiger charge is 2.09. The van der Waals surface area contributed by atoms with E-state index in [2.05, 4.69) is 34.3 Å². The van der Waals surface area contributed by atoms with Crippen LogP contribution in [0.2, 0.25) is 0 Å². The Kier molecular flexibility index (Phi) is 7.71. The van der Waals surface area contributed by atoms with Crippen LogP contribution in [0, 0.1) is 0 Å². The van der Waals surface area contributed by atoms with Gasteiger partial charge in [-0.05, 0) is 51.0 Å². The van der Waals surface area contributed by atoms with Crippen LogP contribution in [0.25, 0.3) is 0 Å². The number of aromatic nitrogens is 1. The third-order valence-corrected chi connectivity index (χ3v) is 3.85. The van der Waals surface area contributed by atoms with Crippen LogP contribution in [0.15, 0.2) is 18.2 Å². The minimum atomic E-state index is 0.620. The van der Waals surface area contributed by atoms with E-state index in [1.807, 2.05) is 6.07 Å². The molecule has 0 saturated carbocycles. The molecule has 0 spiro atoms. The number of likely N-dealkylation sites (tertiary alicyclic amines) is 1. The Morgan fingerprint density at radius 3 is 2.81 bits per heavy atom. The lowest BCUT2D eigenvalue weighted by atomic mass is 10.1. The molecule has 0 aliphatic carbocycles. The van der Waals surface area contributed by atoms with Crippen LogP contribution in [0.5, 0.6) is 0 Å². The summed E-state index contributed by atoms with van der Waals surface area (Å²) in [7, 11) is 0. The molecule has 1 aromatic rings. The summed E-state index contributed by atoms with van der Waals surface area (Å²) in [6, 6.07) is 6.18. The van der Waals surface area contributed by atoms with E-state index in [0.717, 1.165) is 44.0 Å². The van der Waals surface area contributed by atoms with Gasteiger partial charge in [0, 0.05) is 13.1 Å². The van der Waals surface area contributed by atoms with Crippen molar-refractivity contribution in [1.82, 2.24) is 15.2 Å². The summed E-state index contributed by atoms with van der Waals surface area (Å²) in [5.74, 6) is 0. The van der Waals surface area contributed by atoms with Crippen LogP contribution in [-0.2, 0) is 17.9 Å². The average Bonchev–Trinajstić information content (AvgIpc) is 2.53. The molecule has 1 N–H and O–H groups in total. The molecule has 1 saturated heterocycles. The maximum Gasteiger partial charge on any atom is 0.0888 e. The Hall–Kier alpha value is -0.970. The van der Waals surface area contributed by atoms with E-state index in [9.17, 15) is 0 Å². The van der Waals surface area contributed by atoms with Crippen molar-refractivity contribution in [3.8, 4) is 0 Å². The highest BCUT2D eigenvalue weighted by Crippen LogP contribution is 2.08. The molecule has 0 bridgehead atoms. The van der Waals surface area contributed by atoms with E-state index in [0.29, 0.717) is 6.61 Å². The van der Waals surface area contributed by atoms with Gasteiger partial charge in [0.05, 0.1) is 24.6 Å². The predicted octanol–water partition coefficient (Wildman–Crippen LogP) is 2.58. The molecule has 0 atom stereocenters. The summed E-state index contributed by atoms with van der Waals surface area (Å²) in [6.45, 7) is 9.01. The van der Waals surface area contributed by atoms with Gasteiger partial charge in [-0.3, -0.25) is 4.98 Å². The van der Waals surface area contributed by atoms with Crippen molar-refractivity contribution in [3.63, 3.8) is 0 Å². The van der Waals surface area contributed by atoms with Crippen molar-refractivity contribution in [1.29, 1.82) is 0 Å². The first-order valence-electron chi connectivity index (χ1n) is 8.34. The Morgan fingerprint density at radius 2 is 2.00 bits per heavy atom. The number of pyridine rings is 1. The van der Waals surface area contributed by atoms with Crippen molar-refractivity contribution in [2.75, 3.05) is 32.8 Å². The number of ether oxygens (including phenoxy) is 1. The summed E-state index contributed by atoms with van der Waals surface area (Å²) in [4.78, 5) is 7.13. The minimum absolute atomic E-state index is 0.620. The highest BCUT2D eigenvalue weighted by molar-refractivity contribution is 5.10. The van der Waals surface area contributed by atoms with Gasteiger partial charge in [0.2, 0.25) is 0 Å². The number of piperidine rings is 1. The van der Waals surface area contributed by atoms with Gasteiger partial charge >= 0.3 is 0 Å². The maximum absolute atomic E-state index is 5.78. The van der Waals surface area contributed by atoms with E-state index < -0.39 is 0 Å². The summed E-state index contributed by atoms with van der Waals surface area (Å²) >= 11 is 0. The quantitative estimate of drug-likeness (QED) is 0.710. The minimum Gasteiger partial charge on any atom is -0.374 e. The Bertz CT molecular complexity index is 391. The number of nitrogens with one attached hydrogen (secondary N) is 1. The SMILES string of the molecule is CCCNCc1cccc(COCCN2CCCCC2)n1. The van der Waals surface area contributed by atoms with Gasteiger partial charge in [-0.1, -0.05) is 19.4 Å². The predicted molar refractivity (Wildman–Crippen MR) is 86.2 cm³/mol. The fraction of sp³-hybridized carbons (Fsp3) is 0.706. The third-order valence-electron chi connectivity index (χ3n) is 3.85. The van der Waals surface area contributed by atoms with Crippen LogP contribution in [0.3, 0.4) is 0 Å². The largest absolute Gasteiger partial charge is 0.374 e. The molecule has 1 fully saturated rings. The first-order chi connectivity index (χ1) is 10.4. The maximum atomic E-state index is 5.78. The molecule has 4 nitrogen and oxygen atoms in total.